The maximum Gasteiger partial charge on any atom is 0.329 e. The number of carboxylic acid groups (broad SMARTS) is 1. The average Bonchev–Trinajstić information content (AvgIpc) is 3.32. The third kappa shape index (κ3) is 2.60. The Kier molecular flexibility index (Phi) is 3.78. The van der Waals surface area contributed by atoms with Crippen molar-refractivity contribution in [2.75, 3.05) is 6.61 Å². The molecule has 1 amide bonds. The van der Waals surface area contributed by atoms with E-state index in [-0.39, 0.29) is 17.2 Å². The smallest absolute Gasteiger partial charge is 0.329 e. The number of carboxylic acids is 1. The molecule has 1 spiro atoms. The van der Waals surface area contributed by atoms with Crippen LogP contribution in [-0.2, 0) is 15.0 Å². The summed E-state index contributed by atoms with van der Waals surface area (Å²) in [4.78, 5) is 24.8. The average molecular weight is 343 g/mol. The second kappa shape index (κ2) is 5.75. The van der Waals surface area contributed by atoms with E-state index >= 15 is 0 Å². The summed E-state index contributed by atoms with van der Waals surface area (Å²) >= 11 is 0. The van der Waals surface area contributed by atoms with Gasteiger partial charge >= 0.3 is 5.97 Å². The van der Waals surface area contributed by atoms with E-state index in [9.17, 15) is 14.7 Å². The van der Waals surface area contributed by atoms with Crippen LogP contribution in [0.4, 0.5) is 0 Å². The quantitative estimate of drug-likeness (QED) is 0.885. The summed E-state index contributed by atoms with van der Waals surface area (Å²) < 4.78 is 5.72. The molecule has 1 aliphatic heterocycles. The Labute approximate surface area is 147 Å². The molecule has 25 heavy (non-hydrogen) atoms. The van der Waals surface area contributed by atoms with Gasteiger partial charge in [0.05, 0.1) is 6.61 Å². The predicted molar refractivity (Wildman–Crippen MR) is 92.5 cm³/mol. The standard InChI is InChI=1S/C20H25NO4/c1-13-6-8-20(9-7-13,18(23)24)21-17(22)15-12-19(15)10-11-25-16-5-3-2-4-14(16)19/h2-5,13,15H,6-12H2,1H3,(H,21,22)(H,23,24)/t13?,15-,19-,20?/m0/s1. The van der Waals surface area contributed by atoms with Gasteiger partial charge in [-0.05, 0) is 50.5 Å². The lowest BCUT2D eigenvalue weighted by Gasteiger charge is -2.37. The van der Waals surface area contributed by atoms with Crippen molar-refractivity contribution in [3.63, 3.8) is 0 Å². The summed E-state index contributed by atoms with van der Waals surface area (Å²) in [6, 6.07) is 7.91. The second-order valence-electron chi connectivity index (χ2n) is 8.07. The predicted octanol–water partition coefficient (Wildman–Crippen LogP) is 2.88. The molecule has 134 valence electrons. The van der Waals surface area contributed by atoms with Crippen LogP contribution in [0.1, 0.15) is 51.0 Å². The largest absolute Gasteiger partial charge is 0.493 e. The van der Waals surface area contributed by atoms with E-state index in [4.69, 9.17) is 4.74 Å². The van der Waals surface area contributed by atoms with Crippen LogP contribution >= 0.6 is 0 Å². The SMILES string of the molecule is CC1CCC(NC(=O)[C@@H]2C[C@]23CCOc2ccccc23)(C(=O)O)CC1. The molecule has 1 aromatic carbocycles. The van der Waals surface area contributed by atoms with Crippen LogP contribution < -0.4 is 10.1 Å². The van der Waals surface area contributed by atoms with E-state index in [1.807, 2.05) is 24.3 Å². The number of carbonyl (C=O) groups excluding carboxylic acids is 1. The lowest BCUT2D eigenvalue weighted by molar-refractivity contribution is -0.150. The van der Waals surface area contributed by atoms with Gasteiger partial charge in [-0.2, -0.15) is 0 Å². The summed E-state index contributed by atoms with van der Waals surface area (Å²) in [6.45, 7) is 2.75. The molecule has 2 fully saturated rings. The number of rotatable bonds is 3. The Bertz CT molecular complexity index is 707. The molecule has 4 rings (SSSR count). The van der Waals surface area contributed by atoms with E-state index in [0.29, 0.717) is 25.4 Å². The first-order chi connectivity index (χ1) is 12.0. The number of nitrogens with one attached hydrogen (secondary N) is 1. The summed E-state index contributed by atoms with van der Waals surface area (Å²) in [6.07, 6.45) is 4.34. The summed E-state index contributed by atoms with van der Waals surface area (Å²) in [5, 5.41) is 12.7. The highest BCUT2D eigenvalue weighted by Gasteiger charge is 2.62. The number of amides is 1. The van der Waals surface area contributed by atoms with E-state index in [0.717, 1.165) is 37.0 Å². The van der Waals surface area contributed by atoms with Gasteiger partial charge in [0.1, 0.15) is 11.3 Å². The molecule has 2 saturated carbocycles. The van der Waals surface area contributed by atoms with Gasteiger partial charge in [-0.3, -0.25) is 4.79 Å². The monoisotopic (exact) mass is 343 g/mol. The van der Waals surface area contributed by atoms with Crippen molar-refractivity contribution < 1.29 is 19.4 Å². The molecule has 0 saturated heterocycles. The fourth-order valence-corrected chi connectivity index (χ4v) is 4.67. The number of hydrogen-bond acceptors (Lipinski definition) is 3. The lowest BCUT2D eigenvalue weighted by Crippen LogP contribution is -2.57. The zero-order chi connectivity index (χ0) is 17.7. The Morgan fingerprint density at radius 3 is 2.64 bits per heavy atom. The van der Waals surface area contributed by atoms with Gasteiger partial charge in [0.15, 0.2) is 0 Å². The fraction of sp³-hybridized carbons (Fsp3) is 0.600. The van der Waals surface area contributed by atoms with Gasteiger partial charge < -0.3 is 15.2 Å². The van der Waals surface area contributed by atoms with E-state index in [2.05, 4.69) is 12.2 Å². The minimum absolute atomic E-state index is 0.103. The Balaban J connectivity index is 1.53. The second-order valence-corrected chi connectivity index (χ2v) is 8.07. The minimum Gasteiger partial charge on any atom is -0.493 e. The maximum atomic E-state index is 12.9. The molecule has 2 atom stereocenters. The number of benzene rings is 1. The topological polar surface area (TPSA) is 75.6 Å². The maximum absolute atomic E-state index is 12.9. The molecule has 5 heteroatoms. The fourth-order valence-electron chi connectivity index (χ4n) is 4.67. The Hall–Kier alpha value is -2.04. The van der Waals surface area contributed by atoms with Crippen LogP contribution in [0.3, 0.4) is 0 Å². The first-order valence-corrected chi connectivity index (χ1v) is 9.25. The normalized spacial score (nSPS) is 36.2. The first-order valence-electron chi connectivity index (χ1n) is 9.25. The van der Waals surface area contributed by atoms with Gasteiger partial charge in [0.2, 0.25) is 5.91 Å². The zero-order valence-electron chi connectivity index (χ0n) is 14.6. The van der Waals surface area contributed by atoms with Crippen molar-refractivity contribution in [3.8, 4) is 5.75 Å². The molecule has 0 unspecified atom stereocenters. The number of hydrogen-bond donors (Lipinski definition) is 2. The van der Waals surface area contributed by atoms with E-state index in [1.54, 1.807) is 0 Å². The van der Waals surface area contributed by atoms with Crippen LogP contribution in [0, 0.1) is 11.8 Å². The van der Waals surface area contributed by atoms with Crippen molar-refractivity contribution in [1.82, 2.24) is 5.32 Å². The lowest BCUT2D eigenvalue weighted by atomic mass is 9.77. The molecule has 2 N–H and O–H groups in total. The van der Waals surface area contributed by atoms with E-state index < -0.39 is 11.5 Å². The van der Waals surface area contributed by atoms with Crippen molar-refractivity contribution >= 4 is 11.9 Å². The van der Waals surface area contributed by atoms with Crippen molar-refractivity contribution in [2.24, 2.45) is 11.8 Å². The number of carbonyl (C=O) groups is 2. The Morgan fingerprint density at radius 2 is 1.92 bits per heavy atom. The highest BCUT2D eigenvalue weighted by molar-refractivity contribution is 5.91. The Morgan fingerprint density at radius 1 is 1.20 bits per heavy atom. The number of fused-ring (bicyclic) bond motifs is 2. The van der Waals surface area contributed by atoms with Gasteiger partial charge in [-0.1, -0.05) is 25.1 Å². The van der Waals surface area contributed by atoms with Crippen LogP contribution in [0.2, 0.25) is 0 Å². The molecule has 3 aliphatic rings. The summed E-state index contributed by atoms with van der Waals surface area (Å²) in [5.41, 5.74) is -0.151. The van der Waals surface area contributed by atoms with Crippen LogP contribution in [0.25, 0.3) is 0 Å². The minimum atomic E-state index is -1.09. The highest BCUT2D eigenvalue weighted by Crippen LogP contribution is 2.60. The van der Waals surface area contributed by atoms with Gasteiger partial charge in [-0.25, -0.2) is 4.79 Å². The number of para-hydroxylation sites is 1. The van der Waals surface area contributed by atoms with Gasteiger partial charge in [-0.15, -0.1) is 0 Å². The molecule has 0 radical (unpaired) electrons. The third-order valence-corrected chi connectivity index (χ3v) is 6.52. The molecule has 1 heterocycles. The third-order valence-electron chi connectivity index (χ3n) is 6.52. The van der Waals surface area contributed by atoms with Crippen LogP contribution in [0.15, 0.2) is 24.3 Å². The van der Waals surface area contributed by atoms with Crippen LogP contribution in [0.5, 0.6) is 5.75 Å². The molecule has 5 nitrogen and oxygen atoms in total. The highest BCUT2D eigenvalue weighted by atomic mass is 16.5. The number of ether oxygens (including phenoxy) is 1. The molecule has 2 aliphatic carbocycles. The molecule has 0 aromatic heterocycles. The first kappa shape index (κ1) is 16.4. The molecule has 0 bridgehead atoms. The van der Waals surface area contributed by atoms with Crippen molar-refractivity contribution in [2.45, 2.75) is 56.4 Å². The van der Waals surface area contributed by atoms with E-state index in [1.165, 1.54) is 0 Å². The van der Waals surface area contributed by atoms with Crippen molar-refractivity contribution in [3.05, 3.63) is 29.8 Å². The summed E-state index contributed by atoms with van der Waals surface area (Å²) in [7, 11) is 0. The molecular weight excluding hydrogens is 318 g/mol. The van der Waals surface area contributed by atoms with Gasteiger partial charge in [0.25, 0.3) is 0 Å². The van der Waals surface area contributed by atoms with Crippen LogP contribution in [-0.4, -0.2) is 29.1 Å². The summed E-state index contributed by atoms with van der Waals surface area (Å²) in [5.74, 6) is 0.249. The van der Waals surface area contributed by atoms with Gasteiger partial charge in [0, 0.05) is 16.9 Å². The zero-order valence-corrected chi connectivity index (χ0v) is 14.6. The number of aliphatic carboxylic acids is 1. The molecule has 1 aromatic rings. The molecular formula is C20H25NO4. The van der Waals surface area contributed by atoms with Crippen molar-refractivity contribution in [1.29, 1.82) is 0 Å².